The van der Waals surface area contributed by atoms with E-state index in [1.165, 1.54) is 0 Å². The standard InChI is InChI=1S/C12H24N2O2/c1-12(2,3)13-7-6-11(16)14-8-4-5-10(14)9-15/h10,13,15H,4-9H2,1-3H3. The fourth-order valence-electron chi connectivity index (χ4n) is 2.04. The summed E-state index contributed by atoms with van der Waals surface area (Å²) in [5, 5.41) is 12.4. The molecule has 1 heterocycles. The minimum Gasteiger partial charge on any atom is -0.394 e. The van der Waals surface area contributed by atoms with Crippen molar-refractivity contribution in [2.24, 2.45) is 0 Å². The van der Waals surface area contributed by atoms with Gasteiger partial charge in [0.05, 0.1) is 12.6 Å². The van der Waals surface area contributed by atoms with E-state index in [2.05, 4.69) is 26.1 Å². The third kappa shape index (κ3) is 4.10. The summed E-state index contributed by atoms with van der Waals surface area (Å²) in [6.07, 6.45) is 2.48. The van der Waals surface area contributed by atoms with Gasteiger partial charge in [-0.25, -0.2) is 0 Å². The van der Waals surface area contributed by atoms with Crippen LogP contribution in [-0.2, 0) is 4.79 Å². The lowest BCUT2D eigenvalue weighted by molar-refractivity contribution is -0.132. The van der Waals surface area contributed by atoms with Gasteiger partial charge in [0.15, 0.2) is 0 Å². The Morgan fingerprint density at radius 3 is 2.75 bits per heavy atom. The summed E-state index contributed by atoms with van der Waals surface area (Å²) in [6, 6.07) is 0.0575. The summed E-state index contributed by atoms with van der Waals surface area (Å²) in [6.45, 7) is 7.87. The molecule has 2 N–H and O–H groups in total. The summed E-state index contributed by atoms with van der Waals surface area (Å²) in [5.41, 5.74) is 0.0572. The lowest BCUT2D eigenvalue weighted by atomic mass is 10.1. The van der Waals surface area contributed by atoms with Crippen molar-refractivity contribution in [3.8, 4) is 0 Å². The molecule has 1 unspecified atom stereocenters. The van der Waals surface area contributed by atoms with Gasteiger partial charge in [-0.2, -0.15) is 0 Å². The maximum absolute atomic E-state index is 11.9. The zero-order chi connectivity index (χ0) is 12.2. The number of nitrogens with zero attached hydrogens (tertiary/aromatic N) is 1. The highest BCUT2D eigenvalue weighted by molar-refractivity contribution is 5.77. The van der Waals surface area contributed by atoms with E-state index in [1.54, 1.807) is 0 Å². The third-order valence-corrected chi connectivity index (χ3v) is 2.90. The molecule has 0 radical (unpaired) electrons. The molecule has 16 heavy (non-hydrogen) atoms. The molecule has 0 saturated carbocycles. The molecule has 94 valence electrons. The van der Waals surface area contributed by atoms with Crippen molar-refractivity contribution in [2.45, 2.75) is 51.6 Å². The van der Waals surface area contributed by atoms with Gasteiger partial charge in [-0.3, -0.25) is 4.79 Å². The number of aliphatic hydroxyl groups is 1. The van der Waals surface area contributed by atoms with Crippen molar-refractivity contribution in [2.75, 3.05) is 19.7 Å². The summed E-state index contributed by atoms with van der Waals surface area (Å²) < 4.78 is 0. The predicted octanol–water partition coefficient (Wildman–Crippen LogP) is 0.748. The molecule has 0 spiro atoms. The SMILES string of the molecule is CC(C)(C)NCCC(=O)N1CCCC1CO. The van der Waals surface area contributed by atoms with Gasteiger partial charge < -0.3 is 15.3 Å². The van der Waals surface area contributed by atoms with E-state index in [9.17, 15) is 4.79 Å². The topological polar surface area (TPSA) is 52.6 Å². The molecule has 1 aliphatic rings. The molecule has 1 atom stereocenters. The van der Waals surface area contributed by atoms with E-state index in [4.69, 9.17) is 5.11 Å². The van der Waals surface area contributed by atoms with Crippen LogP contribution in [0.4, 0.5) is 0 Å². The Bertz CT molecular complexity index is 236. The van der Waals surface area contributed by atoms with Crippen molar-refractivity contribution in [1.82, 2.24) is 10.2 Å². The number of rotatable bonds is 4. The molecule has 4 nitrogen and oxygen atoms in total. The van der Waals surface area contributed by atoms with Crippen LogP contribution in [0.3, 0.4) is 0 Å². The van der Waals surface area contributed by atoms with Crippen LogP contribution in [0.2, 0.25) is 0 Å². The van der Waals surface area contributed by atoms with Crippen LogP contribution in [0, 0.1) is 0 Å². The van der Waals surface area contributed by atoms with Gasteiger partial charge in [-0.05, 0) is 33.6 Å². The largest absolute Gasteiger partial charge is 0.394 e. The van der Waals surface area contributed by atoms with Crippen molar-refractivity contribution < 1.29 is 9.90 Å². The van der Waals surface area contributed by atoms with E-state index in [1.807, 2.05) is 4.90 Å². The molecule has 1 aliphatic heterocycles. The van der Waals surface area contributed by atoms with Crippen LogP contribution >= 0.6 is 0 Å². The maximum atomic E-state index is 11.9. The minimum atomic E-state index is 0.0572. The minimum absolute atomic E-state index is 0.0572. The first-order chi connectivity index (χ1) is 7.44. The zero-order valence-corrected chi connectivity index (χ0v) is 10.6. The Hall–Kier alpha value is -0.610. The van der Waals surface area contributed by atoms with Gasteiger partial charge in [-0.1, -0.05) is 0 Å². The van der Waals surface area contributed by atoms with Crippen molar-refractivity contribution in [1.29, 1.82) is 0 Å². The first kappa shape index (κ1) is 13.5. The Labute approximate surface area is 98.0 Å². The molecule has 1 amide bonds. The molecule has 1 fully saturated rings. The predicted molar refractivity (Wildman–Crippen MR) is 64.2 cm³/mol. The molecule has 0 aromatic rings. The first-order valence-electron chi connectivity index (χ1n) is 6.09. The Morgan fingerprint density at radius 2 is 2.19 bits per heavy atom. The Kier molecular flexibility index (Phi) is 4.74. The molecule has 0 aromatic heterocycles. The molecule has 1 rings (SSSR count). The number of likely N-dealkylation sites (tertiary alicyclic amines) is 1. The van der Waals surface area contributed by atoms with Gasteiger partial charge >= 0.3 is 0 Å². The highest BCUT2D eigenvalue weighted by atomic mass is 16.3. The van der Waals surface area contributed by atoms with Crippen LogP contribution < -0.4 is 5.32 Å². The second kappa shape index (κ2) is 5.64. The van der Waals surface area contributed by atoms with E-state index >= 15 is 0 Å². The molecule has 0 aromatic carbocycles. The van der Waals surface area contributed by atoms with E-state index in [0.717, 1.165) is 19.4 Å². The number of amides is 1. The summed E-state index contributed by atoms with van der Waals surface area (Å²) in [5.74, 6) is 0.160. The summed E-state index contributed by atoms with van der Waals surface area (Å²) >= 11 is 0. The molecule has 4 heteroatoms. The quantitative estimate of drug-likeness (QED) is 0.746. The number of hydrogen-bond acceptors (Lipinski definition) is 3. The van der Waals surface area contributed by atoms with Crippen LogP contribution in [0.15, 0.2) is 0 Å². The fourth-order valence-corrected chi connectivity index (χ4v) is 2.04. The van der Waals surface area contributed by atoms with E-state index in [0.29, 0.717) is 13.0 Å². The monoisotopic (exact) mass is 228 g/mol. The molecule has 1 saturated heterocycles. The fraction of sp³-hybridized carbons (Fsp3) is 0.917. The van der Waals surface area contributed by atoms with Gasteiger partial charge in [-0.15, -0.1) is 0 Å². The zero-order valence-electron chi connectivity index (χ0n) is 10.6. The summed E-state index contributed by atoms with van der Waals surface area (Å²) in [4.78, 5) is 13.7. The maximum Gasteiger partial charge on any atom is 0.224 e. The van der Waals surface area contributed by atoms with Crippen molar-refractivity contribution in [3.05, 3.63) is 0 Å². The van der Waals surface area contributed by atoms with Gasteiger partial charge in [0, 0.05) is 25.0 Å². The number of carbonyl (C=O) groups excluding carboxylic acids is 1. The van der Waals surface area contributed by atoms with Crippen LogP contribution in [0.5, 0.6) is 0 Å². The number of hydrogen-bond donors (Lipinski definition) is 2. The third-order valence-electron chi connectivity index (χ3n) is 2.90. The van der Waals surface area contributed by atoms with Crippen LogP contribution in [-0.4, -0.2) is 47.2 Å². The Morgan fingerprint density at radius 1 is 1.50 bits per heavy atom. The average Bonchev–Trinajstić information content (AvgIpc) is 2.63. The summed E-state index contributed by atoms with van der Waals surface area (Å²) in [7, 11) is 0. The molecule has 0 bridgehead atoms. The van der Waals surface area contributed by atoms with Gasteiger partial charge in [0.1, 0.15) is 0 Å². The molecular formula is C12H24N2O2. The number of nitrogens with one attached hydrogen (secondary N) is 1. The normalized spacial score (nSPS) is 21.5. The smallest absolute Gasteiger partial charge is 0.224 e. The lowest BCUT2D eigenvalue weighted by Crippen LogP contribution is -2.41. The molecule has 0 aliphatic carbocycles. The molecular weight excluding hydrogens is 204 g/mol. The van der Waals surface area contributed by atoms with E-state index < -0.39 is 0 Å². The number of carbonyl (C=O) groups is 1. The number of aliphatic hydroxyl groups excluding tert-OH is 1. The van der Waals surface area contributed by atoms with E-state index in [-0.39, 0.29) is 24.1 Å². The second-order valence-electron chi connectivity index (χ2n) is 5.49. The second-order valence-corrected chi connectivity index (χ2v) is 5.49. The first-order valence-corrected chi connectivity index (χ1v) is 6.09. The van der Waals surface area contributed by atoms with Gasteiger partial charge in [0.25, 0.3) is 0 Å². The van der Waals surface area contributed by atoms with Gasteiger partial charge in [0.2, 0.25) is 5.91 Å². The van der Waals surface area contributed by atoms with Crippen molar-refractivity contribution >= 4 is 5.91 Å². The van der Waals surface area contributed by atoms with Crippen molar-refractivity contribution in [3.63, 3.8) is 0 Å². The van der Waals surface area contributed by atoms with Crippen LogP contribution in [0.25, 0.3) is 0 Å². The lowest BCUT2D eigenvalue weighted by Gasteiger charge is -2.25. The highest BCUT2D eigenvalue weighted by Crippen LogP contribution is 2.17. The van der Waals surface area contributed by atoms with Crippen LogP contribution in [0.1, 0.15) is 40.0 Å². The highest BCUT2D eigenvalue weighted by Gasteiger charge is 2.27. The average molecular weight is 228 g/mol. The Balaban J connectivity index is 2.29.